The lowest BCUT2D eigenvalue weighted by Gasteiger charge is -2.16. The molecule has 0 unspecified atom stereocenters. The van der Waals surface area contributed by atoms with Crippen molar-refractivity contribution in [2.24, 2.45) is 5.73 Å². The molecule has 0 radical (unpaired) electrons. The summed E-state index contributed by atoms with van der Waals surface area (Å²) >= 11 is 4.89. The van der Waals surface area contributed by atoms with Crippen LogP contribution < -0.4 is 11.1 Å². The molecule has 1 amide bonds. The summed E-state index contributed by atoms with van der Waals surface area (Å²) in [7, 11) is 1.91. The number of carbonyl (C=O) groups is 1. The van der Waals surface area contributed by atoms with Crippen LogP contribution in [0.25, 0.3) is 0 Å². The number of carbonyl (C=O) groups excluding carboxylic acids is 1. The largest absolute Gasteiger partial charge is 0.389 e. The first kappa shape index (κ1) is 14.6. The molecule has 1 aromatic rings. The number of benzene rings is 1. The molecule has 0 bridgehead atoms. The Labute approximate surface area is 113 Å². The fraction of sp³-hybridized carbons (Fsp3) is 0.385. The number of hydrogen-bond acceptors (Lipinski definition) is 3. The van der Waals surface area contributed by atoms with Crippen LogP contribution in [-0.2, 0) is 11.3 Å². The van der Waals surface area contributed by atoms with E-state index in [0.29, 0.717) is 18.1 Å². The second-order valence-electron chi connectivity index (χ2n) is 4.19. The van der Waals surface area contributed by atoms with Crippen LogP contribution in [-0.4, -0.2) is 35.9 Å². The van der Waals surface area contributed by atoms with Crippen LogP contribution in [0.1, 0.15) is 18.1 Å². The van der Waals surface area contributed by atoms with E-state index >= 15 is 0 Å². The van der Waals surface area contributed by atoms with Gasteiger partial charge in [-0.3, -0.25) is 9.69 Å². The predicted molar refractivity (Wildman–Crippen MR) is 77.3 cm³/mol. The zero-order chi connectivity index (χ0) is 13.5. The highest BCUT2D eigenvalue weighted by molar-refractivity contribution is 7.80. The first-order valence-corrected chi connectivity index (χ1v) is 6.27. The molecule has 0 atom stereocenters. The summed E-state index contributed by atoms with van der Waals surface area (Å²) in [4.78, 5) is 13.8. The minimum Gasteiger partial charge on any atom is -0.389 e. The van der Waals surface area contributed by atoms with Gasteiger partial charge in [0.1, 0.15) is 4.99 Å². The molecule has 1 aromatic carbocycles. The Morgan fingerprint density at radius 1 is 1.39 bits per heavy atom. The van der Waals surface area contributed by atoms with Crippen molar-refractivity contribution in [3.8, 4) is 0 Å². The summed E-state index contributed by atoms with van der Waals surface area (Å²) < 4.78 is 0. The molecule has 18 heavy (non-hydrogen) atoms. The smallest absolute Gasteiger partial charge is 0.234 e. The number of nitrogens with zero attached hydrogens (tertiary/aromatic N) is 1. The summed E-state index contributed by atoms with van der Waals surface area (Å²) in [6.45, 7) is 3.68. The van der Waals surface area contributed by atoms with Crippen LogP contribution in [0, 0.1) is 0 Å². The molecule has 0 aliphatic heterocycles. The van der Waals surface area contributed by atoms with Crippen molar-refractivity contribution in [1.82, 2.24) is 10.2 Å². The molecule has 0 spiro atoms. The van der Waals surface area contributed by atoms with Gasteiger partial charge < -0.3 is 11.1 Å². The van der Waals surface area contributed by atoms with Crippen LogP contribution >= 0.6 is 12.2 Å². The molecular weight excluding hydrogens is 246 g/mol. The van der Waals surface area contributed by atoms with Crippen LogP contribution in [0.2, 0.25) is 0 Å². The summed E-state index contributed by atoms with van der Waals surface area (Å²) in [5.41, 5.74) is 7.52. The highest BCUT2D eigenvalue weighted by Gasteiger charge is 2.06. The van der Waals surface area contributed by atoms with Gasteiger partial charge in [0.25, 0.3) is 0 Å². The minimum absolute atomic E-state index is 0.0414. The maximum atomic E-state index is 11.4. The second kappa shape index (κ2) is 7.08. The molecule has 98 valence electrons. The van der Waals surface area contributed by atoms with E-state index < -0.39 is 0 Å². The van der Waals surface area contributed by atoms with E-state index in [1.54, 1.807) is 0 Å². The average Bonchev–Trinajstić information content (AvgIpc) is 2.29. The molecule has 0 aliphatic rings. The zero-order valence-electron chi connectivity index (χ0n) is 10.8. The molecular formula is C13H19N3OS. The van der Waals surface area contributed by atoms with Crippen molar-refractivity contribution < 1.29 is 4.79 Å². The topological polar surface area (TPSA) is 58.4 Å². The van der Waals surface area contributed by atoms with Gasteiger partial charge in [-0.1, -0.05) is 36.5 Å². The van der Waals surface area contributed by atoms with Crippen LogP contribution in [0.15, 0.2) is 24.3 Å². The third kappa shape index (κ3) is 4.81. The van der Waals surface area contributed by atoms with Crippen LogP contribution in [0.3, 0.4) is 0 Å². The fourth-order valence-corrected chi connectivity index (χ4v) is 1.78. The number of nitrogens with two attached hydrogens (primary N) is 1. The maximum absolute atomic E-state index is 11.4. The third-order valence-electron chi connectivity index (χ3n) is 2.48. The Kier molecular flexibility index (Phi) is 5.74. The van der Waals surface area contributed by atoms with Gasteiger partial charge in [-0.2, -0.15) is 0 Å². The number of hydrogen-bond donors (Lipinski definition) is 2. The van der Waals surface area contributed by atoms with Crippen molar-refractivity contribution in [3.05, 3.63) is 35.4 Å². The van der Waals surface area contributed by atoms with E-state index in [9.17, 15) is 4.79 Å². The van der Waals surface area contributed by atoms with Gasteiger partial charge >= 0.3 is 0 Å². The van der Waals surface area contributed by atoms with Gasteiger partial charge in [-0.15, -0.1) is 0 Å². The first-order valence-electron chi connectivity index (χ1n) is 5.87. The van der Waals surface area contributed by atoms with E-state index in [-0.39, 0.29) is 5.91 Å². The minimum atomic E-state index is 0.0414. The Hall–Kier alpha value is -1.46. The van der Waals surface area contributed by atoms with E-state index in [0.717, 1.165) is 17.7 Å². The van der Waals surface area contributed by atoms with Gasteiger partial charge in [0, 0.05) is 18.7 Å². The van der Waals surface area contributed by atoms with E-state index in [1.807, 2.05) is 43.1 Å². The molecule has 0 aliphatic carbocycles. The van der Waals surface area contributed by atoms with E-state index in [2.05, 4.69) is 5.32 Å². The number of thiocarbonyl (C=S) groups is 1. The molecule has 3 N–H and O–H groups in total. The highest BCUT2D eigenvalue weighted by Crippen LogP contribution is 2.06. The number of amides is 1. The van der Waals surface area contributed by atoms with Crippen molar-refractivity contribution in [2.75, 3.05) is 20.1 Å². The maximum Gasteiger partial charge on any atom is 0.234 e. The van der Waals surface area contributed by atoms with Crippen LogP contribution in [0.5, 0.6) is 0 Å². The molecule has 0 saturated heterocycles. The molecule has 1 rings (SSSR count). The predicted octanol–water partition coefficient (Wildman–Crippen LogP) is 0.889. The monoisotopic (exact) mass is 265 g/mol. The molecule has 0 saturated carbocycles. The molecule has 5 heteroatoms. The summed E-state index contributed by atoms with van der Waals surface area (Å²) in [5.74, 6) is 0.0414. The Balaban J connectivity index is 2.51. The first-order chi connectivity index (χ1) is 8.52. The summed E-state index contributed by atoms with van der Waals surface area (Å²) in [6, 6.07) is 7.75. The Morgan fingerprint density at radius 2 is 2.00 bits per heavy atom. The average molecular weight is 265 g/mol. The molecule has 0 fully saturated rings. The van der Waals surface area contributed by atoms with Crippen LogP contribution in [0.4, 0.5) is 0 Å². The highest BCUT2D eigenvalue weighted by atomic mass is 32.1. The van der Waals surface area contributed by atoms with Crippen molar-refractivity contribution >= 4 is 23.1 Å². The molecule has 0 aromatic heterocycles. The second-order valence-corrected chi connectivity index (χ2v) is 4.63. The normalized spacial score (nSPS) is 10.4. The van der Waals surface area contributed by atoms with Crippen molar-refractivity contribution in [3.63, 3.8) is 0 Å². The Bertz CT molecular complexity index is 417. The standard InChI is InChI=1S/C13H19N3OS/c1-3-15-12(17)9-16(2)8-10-4-6-11(7-5-10)13(14)18/h4-7H,3,8-9H2,1-2H3,(H2,14,18)(H,15,17). The Morgan fingerprint density at radius 3 is 2.50 bits per heavy atom. The summed E-state index contributed by atoms with van der Waals surface area (Å²) in [6.07, 6.45) is 0. The number of nitrogens with one attached hydrogen (secondary N) is 1. The lowest BCUT2D eigenvalue weighted by atomic mass is 10.1. The van der Waals surface area contributed by atoms with Crippen molar-refractivity contribution in [1.29, 1.82) is 0 Å². The van der Waals surface area contributed by atoms with Gasteiger partial charge in [0.2, 0.25) is 5.91 Å². The lowest BCUT2D eigenvalue weighted by molar-refractivity contribution is -0.121. The third-order valence-corrected chi connectivity index (χ3v) is 2.71. The van der Waals surface area contributed by atoms with Gasteiger partial charge in [0.15, 0.2) is 0 Å². The quantitative estimate of drug-likeness (QED) is 0.750. The fourth-order valence-electron chi connectivity index (χ4n) is 1.64. The lowest BCUT2D eigenvalue weighted by Crippen LogP contribution is -2.34. The van der Waals surface area contributed by atoms with Crippen molar-refractivity contribution in [2.45, 2.75) is 13.5 Å². The number of rotatable bonds is 6. The molecule has 0 heterocycles. The van der Waals surface area contributed by atoms with Gasteiger partial charge in [0.05, 0.1) is 6.54 Å². The van der Waals surface area contributed by atoms with E-state index in [1.165, 1.54) is 0 Å². The SMILES string of the molecule is CCNC(=O)CN(C)Cc1ccc(C(N)=S)cc1. The van der Waals surface area contributed by atoms with E-state index in [4.69, 9.17) is 18.0 Å². The number of likely N-dealkylation sites (N-methyl/N-ethyl adjacent to an activating group) is 2. The van der Waals surface area contributed by atoms with Gasteiger partial charge in [-0.25, -0.2) is 0 Å². The molecule has 4 nitrogen and oxygen atoms in total. The summed E-state index contributed by atoms with van der Waals surface area (Å²) in [5, 5.41) is 2.77. The van der Waals surface area contributed by atoms with Gasteiger partial charge in [-0.05, 0) is 19.5 Å². The zero-order valence-corrected chi connectivity index (χ0v) is 11.6.